The number of benzene rings is 1. The molecule has 2 aliphatic rings. The van der Waals surface area contributed by atoms with Crippen LogP contribution in [-0.4, -0.2) is 39.0 Å². The van der Waals surface area contributed by atoms with Crippen molar-refractivity contribution in [1.82, 2.24) is 19.8 Å². The molecule has 136 valence electrons. The summed E-state index contributed by atoms with van der Waals surface area (Å²) in [4.78, 5) is 22.3. The number of rotatable bonds is 6. The topological polar surface area (TPSA) is 71.7 Å². The van der Waals surface area contributed by atoms with Crippen LogP contribution in [0.15, 0.2) is 35.8 Å². The van der Waals surface area contributed by atoms with Gasteiger partial charge in [-0.3, -0.25) is 10.1 Å². The molecular formula is C18H20ClN5O2. The number of aromatic nitrogens is 2. The van der Waals surface area contributed by atoms with E-state index in [4.69, 9.17) is 16.3 Å². The van der Waals surface area contributed by atoms with E-state index in [1.807, 2.05) is 41.0 Å². The number of amides is 1. The Kier molecular flexibility index (Phi) is 4.55. The molecule has 0 spiro atoms. The molecule has 1 atom stereocenters. The number of aliphatic imine (C=N–C) groups is 1. The summed E-state index contributed by atoms with van der Waals surface area (Å²) in [6, 6.07) is 3.49. The third-order valence-corrected chi connectivity index (χ3v) is 5.13. The van der Waals surface area contributed by atoms with Gasteiger partial charge in [-0.2, -0.15) is 0 Å². The van der Waals surface area contributed by atoms with Gasteiger partial charge >= 0.3 is 0 Å². The number of ether oxygens (including phenoxy) is 1. The molecule has 2 aromatic rings. The predicted octanol–water partition coefficient (Wildman–Crippen LogP) is 2.72. The van der Waals surface area contributed by atoms with E-state index in [0.717, 1.165) is 30.6 Å². The molecule has 26 heavy (non-hydrogen) atoms. The summed E-state index contributed by atoms with van der Waals surface area (Å²) in [6.45, 7) is 3.93. The van der Waals surface area contributed by atoms with Gasteiger partial charge in [0.05, 0.1) is 30.2 Å². The first kappa shape index (κ1) is 16.9. The van der Waals surface area contributed by atoms with Crippen molar-refractivity contribution in [3.8, 4) is 5.75 Å². The van der Waals surface area contributed by atoms with E-state index < -0.39 is 0 Å². The lowest BCUT2D eigenvalue weighted by Gasteiger charge is -2.27. The third kappa shape index (κ3) is 3.14. The van der Waals surface area contributed by atoms with E-state index in [0.29, 0.717) is 29.9 Å². The van der Waals surface area contributed by atoms with E-state index in [1.165, 1.54) is 0 Å². The molecule has 4 rings (SSSR count). The fourth-order valence-electron chi connectivity index (χ4n) is 3.15. The monoisotopic (exact) mass is 373 g/mol. The van der Waals surface area contributed by atoms with Crippen LogP contribution in [0.4, 0.5) is 5.69 Å². The lowest BCUT2D eigenvalue weighted by molar-refractivity contribution is -0.121. The standard InChI is InChI=1S/C18H20ClN5O2/c1-12-17(25)22-18-21-14-4-5-15(16(19)13(14)10-24(12)18)26-9-3-2-7-23-8-6-20-11-23/h4-6,8,11-12H,2-3,7,9-10H2,1H3,(H,21,22,25). The smallest absolute Gasteiger partial charge is 0.249 e. The molecular weight excluding hydrogens is 354 g/mol. The average molecular weight is 374 g/mol. The van der Waals surface area contributed by atoms with E-state index >= 15 is 0 Å². The zero-order valence-corrected chi connectivity index (χ0v) is 15.2. The summed E-state index contributed by atoms with van der Waals surface area (Å²) in [5, 5.41) is 3.37. The molecule has 0 aliphatic carbocycles. The Balaban J connectivity index is 1.39. The Morgan fingerprint density at radius 1 is 1.38 bits per heavy atom. The molecule has 0 radical (unpaired) electrons. The van der Waals surface area contributed by atoms with Crippen LogP contribution in [-0.2, 0) is 17.9 Å². The predicted molar refractivity (Wildman–Crippen MR) is 98.7 cm³/mol. The van der Waals surface area contributed by atoms with Crippen molar-refractivity contribution >= 4 is 29.2 Å². The molecule has 8 heteroatoms. The number of nitrogens with zero attached hydrogens (tertiary/aromatic N) is 4. The normalized spacial score (nSPS) is 18.2. The van der Waals surface area contributed by atoms with Gasteiger partial charge in [-0.1, -0.05) is 11.6 Å². The molecule has 2 aliphatic heterocycles. The Labute approximate surface area is 156 Å². The van der Waals surface area contributed by atoms with Crippen LogP contribution in [0.3, 0.4) is 0 Å². The molecule has 0 bridgehead atoms. The van der Waals surface area contributed by atoms with Crippen LogP contribution in [0.5, 0.6) is 5.75 Å². The highest BCUT2D eigenvalue weighted by Gasteiger charge is 2.36. The Morgan fingerprint density at radius 2 is 2.27 bits per heavy atom. The summed E-state index contributed by atoms with van der Waals surface area (Å²) >= 11 is 6.56. The van der Waals surface area contributed by atoms with Crippen LogP contribution < -0.4 is 10.1 Å². The highest BCUT2D eigenvalue weighted by Crippen LogP contribution is 2.39. The summed E-state index contributed by atoms with van der Waals surface area (Å²) in [5.74, 6) is 1.22. The average Bonchev–Trinajstić information content (AvgIpc) is 3.24. The van der Waals surface area contributed by atoms with Crippen LogP contribution in [0.25, 0.3) is 0 Å². The maximum Gasteiger partial charge on any atom is 0.249 e. The van der Waals surface area contributed by atoms with Crippen molar-refractivity contribution in [2.75, 3.05) is 6.61 Å². The number of nitrogens with one attached hydrogen (secondary N) is 1. The number of carbonyl (C=O) groups is 1. The van der Waals surface area contributed by atoms with Crippen molar-refractivity contribution in [1.29, 1.82) is 0 Å². The Hall–Kier alpha value is -2.54. The molecule has 1 saturated heterocycles. The number of guanidine groups is 1. The molecule has 3 heterocycles. The van der Waals surface area contributed by atoms with Gasteiger partial charge in [-0.15, -0.1) is 0 Å². The van der Waals surface area contributed by atoms with Crippen molar-refractivity contribution in [2.45, 2.75) is 38.9 Å². The van der Waals surface area contributed by atoms with Gasteiger partial charge in [0.15, 0.2) is 0 Å². The molecule has 0 saturated carbocycles. The number of aryl methyl sites for hydroxylation is 1. The van der Waals surface area contributed by atoms with E-state index in [9.17, 15) is 4.79 Å². The minimum absolute atomic E-state index is 0.0398. The van der Waals surface area contributed by atoms with E-state index in [1.54, 1.807) is 6.20 Å². The SMILES string of the molecule is CC1C(=O)NC2=Nc3ccc(OCCCCn4ccnc4)c(Cl)c3CN21. The van der Waals surface area contributed by atoms with Crippen LogP contribution in [0, 0.1) is 0 Å². The molecule has 1 amide bonds. The van der Waals surface area contributed by atoms with E-state index in [2.05, 4.69) is 15.3 Å². The summed E-state index contributed by atoms with van der Waals surface area (Å²) in [5.41, 5.74) is 1.68. The molecule has 1 fully saturated rings. The maximum absolute atomic E-state index is 11.8. The number of imidazole rings is 1. The fraction of sp³-hybridized carbons (Fsp3) is 0.389. The summed E-state index contributed by atoms with van der Waals surface area (Å²) in [7, 11) is 0. The van der Waals surface area contributed by atoms with Gasteiger partial charge in [0.1, 0.15) is 11.8 Å². The second kappa shape index (κ2) is 6.99. The van der Waals surface area contributed by atoms with Gasteiger partial charge < -0.3 is 14.2 Å². The first-order valence-corrected chi connectivity index (χ1v) is 9.07. The van der Waals surface area contributed by atoms with Crippen molar-refractivity contribution in [2.24, 2.45) is 4.99 Å². The van der Waals surface area contributed by atoms with Crippen LogP contribution in [0.1, 0.15) is 25.3 Å². The summed E-state index contributed by atoms with van der Waals surface area (Å²) in [6.07, 6.45) is 7.48. The lowest BCUT2D eigenvalue weighted by Crippen LogP contribution is -2.35. The second-order valence-corrected chi connectivity index (χ2v) is 6.84. The highest BCUT2D eigenvalue weighted by atomic mass is 35.5. The third-order valence-electron chi connectivity index (χ3n) is 4.72. The zero-order valence-electron chi connectivity index (χ0n) is 14.5. The van der Waals surface area contributed by atoms with Gasteiger partial charge in [0.2, 0.25) is 11.9 Å². The first-order chi connectivity index (χ1) is 12.6. The number of unbranched alkanes of at least 4 members (excludes halogenated alkanes) is 1. The number of fused-ring (bicyclic) bond motifs is 2. The molecule has 1 N–H and O–H groups in total. The summed E-state index contributed by atoms with van der Waals surface area (Å²) < 4.78 is 7.92. The van der Waals surface area contributed by atoms with Crippen LogP contribution in [0.2, 0.25) is 5.02 Å². The number of carbonyl (C=O) groups excluding carboxylic acids is 1. The molecule has 1 aromatic heterocycles. The van der Waals surface area contributed by atoms with Gasteiger partial charge in [0, 0.05) is 24.5 Å². The van der Waals surface area contributed by atoms with Crippen molar-refractivity contribution < 1.29 is 9.53 Å². The fourth-order valence-corrected chi connectivity index (χ4v) is 3.43. The second-order valence-electron chi connectivity index (χ2n) is 6.46. The Morgan fingerprint density at radius 3 is 3.08 bits per heavy atom. The first-order valence-electron chi connectivity index (χ1n) is 8.69. The molecule has 1 unspecified atom stereocenters. The zero-order chi connectivity index (χ0) is 18.1. The van der Waals surface area contributed by atoms with E-state index in [-0.39, 0.29) is 11.9 Å². The molecule has 7 nitrogen and oxygen atoms in total. The van der Waals surface area contributed by atoms with Gasteiger partial charge in [-0.25, -0.2) is 9.98 Å². The number of hydrogen-bond acceptors (Lipinski definition) is 5. The highest BCUT2D eigenvalue weighted by molar-refractivity contribution is 6.33. The molecule has 1 aromatic carbocycles. The van der Waals surface area contributed by atoms with Crippen molar-refractivity contribution in [3.63, 3.8) is 0 Å². The lowest BCUT2D eigenvalue weighted by atomic mass is 10.1. The largest absolute Gasteiger partial charge is 0.492 e. The maximum atomic E-state index is 11.8. The van der Waals surface area contributed by atoms with Gasteiger partial charge in [-0.05, 0) is 31.9 Å². The quantitative estimate of drug-likeness (QED) is 0.790. The Bertz CT molecular complexity index is 850. The van der Waals surface area contributed by atoms with Crippen LogP contribution >= 0.6 is 11.6 Å². The number of hydrogen-bond donors (Lipinski definition) is 1. The minimum atomic E-state index is -0.245. The minimum Gasteiger partial charge on any atom is -0.492 e. The van der Waals surface area contributed by atoms with Crippen molar-refractivity contribution in [3.05, 3.63) is 41.4 Å². The number of halogens is 1. The van der Waals surface area contributed by atoms with Gasteiger partial charge in [0.25, 0.3) is 0 Å².